The number of hydrogen-bond acceptors (Lipinski definition) is 8. The van der Waals surface area contributed by atoms with Crippen LogP contribution in [0.15, 0.2) is 64.1 Å². The van der Waals surface area contributed by atoms with Crippen molar-refractivity contribution in [1.82, 2.24) is 15.5 Å². The molecule has 0 spiro atoms. The Balaban J connectivity index is 1.61. The fraction of sp³-hybridized carbons (Fsp3) is 0.0556. The number of methoxy groups -OCH3 is 1. The minimum absolute atomic E-state index is 0.177. The molecule has 0 unspecified atom stereocenters. The van der Waals surface area contributed by atoms with E-state index < -0.39 is 5.95 Å². The summed E-state index contributed by atoms with van der Waals surface area (Å²) in [6, 6.07) is 16.7. The zero-order valence-corrected chi connectivity index (χ0v) is 15.0. The summed E-state index contributed by atoms with van der Waals surface area (Å²) in [7, 11) is 1.58. The lowest BCUT2D eigenvalue weighted by Gasteiger charge is -1.97. The van der Waals surface area contributed by atoms with Gasteiger partial charge in [0.05, 0.1) is 12.4 Å². The van der Waals surface area contributed by atoms with Gasteiger partial charge in [-0.25, -0.2) is 4.99 Å². The Bertz CT molecular complexity index is 1070. The van der Waals surface area contributed by atoms with Crippen LogP contribution in [0.4, 0.5) is 5.13 Å². The van der Waals surface area contributed by atoms with Crippen molar-refractivity contribution in [1.29, 1.82) is 0 Å². The number of rotatable bonds is 5. The van der Waals surface area contributed by atoms with Gasteiger partial charge in [-0.3, -0.25) is 0 Å². The third kappa shape index (κ3) is 3.53. The molecule has 0 aliphatic rings. The fourth-order valence-electron chi connectivity index (χ4n) is 2.35. The topological polar surface area (TPSA) is 100 Å². The average molecular weight is 379 g/mol. The summed E-state index contributed by atoms with van der Waals surface area (Å²) in [5.41, 5.74) is 1.78. The summed E-state index contributed by atoms with van der Waals surface area (Å²) in [4.78, 5) is 4.25. The molecule has 0 saturated carbocycles. The van der Waals surface area contributed by atoms with E-state index in [0.717, 1.165) is 10.6 Å². The van der Waals surface area contributed by atoms with E-state index in [1.807, 2.05) is 30.3 Å². The molecular weight excluding hydrogens is 366 g/mol. The van der Waals surface area contributed by atoms with Crippen molar-refractivity contribution >= 4 is 22.7 Å². The summed E-state index contributed by atoms with van der Waals surface area (Å²) in [5.74, 6) is 0.102. The van der Waals surface area contributed by atoms with Gasteiger partial charge < -0.3 is 14.4 Å². The molecule has 2 heterocycles. The zero-order valence-electron chi connectivity index (χ0n) is 14.1. The molecule has 0 aliphatic heterocycles. The van der Waals surface area contributed by atoms with Crippen LogP contribution in [0, 0.1) is 0 Å². The Labute approximate surface area is 158 Å². The van der Waals surface area contributed by atoms with E-state index in [-0.39, 0.29) is 5.69 Å². The van der Waals surface area contributed by atoms with Crippen LogP contribution >= 0.6 is 11.3 Å². The zero-order chi connectivity index (χ0) is 18.6. The molecule has 0 aliphatic carbocycles. The molecule has 0 amide bonds. The summed E-state index contributed by atoms with van der Waals surface area (Å²) in [6.45, 7) is 0. The molecular formula is C18H13N5O3S. The van der Waals surface area contributed by atoms with Gasteiger partial charge in [0.1, 0.15) is 17.0 Å². The van der Waals surface area contributed by atoms with Crippen LogP contribution in [0.5, 0.6) is 11.7 Å². The van der Waals surface area contributed by atoms with Crippen molar-refractivity contribution < 1.29 is 19.0 Å². The molecule has 0 fully saturated rings. The second kappa shape index (κ2) is 7.34. The number of benzene rings is 2. The highest BCUT2D eigenvalue weighted by atomic mass is 32.1. The average Bonchev–Trinajstić information content (AvgIpc) is 3.34. The Hall–Kier alpha value is -3.59. The second-order valence-corrected chi connectivity index (χ2v) is 6.33. The second-order valence-electron chi connectivity index (χ2n) is 5.37. The van der Waals surface area contributed by atoms with Crippen LogP contribution in [0.1, 0.15) is 5.69 Å². The van der Waals surface area contributed by atoms with Crippen LogP contribution in [-0.2, 0) is 0 Å². The maximum atomic E-state index is 12.0. The highest BCUT2D eigenvalue weighted by molar-refractivity contribution is 7.18. The van der Waals surface area contributed by atoms with Gasteiger partial charge in [0.2, 0.25) is 10.8 Å². The fourth-order valence-corrected chi connectivity index (χ4v) is 3.05. The monoisotopic (exact) mass is 379 g/mol. The SMILES string of the molecule is COc1ccc(-[n+]2noc([O-])c2C=Nc2nnc(-c3ccccc3)s2)cc1. The lowest BCUT2D eigenvalue weighted by atomic mass is 10.2. The molecule has 0 saturated heterocycles. The number of nitrogens with zero attached hydrogens (tertiary/aromatic N) is 5. The van der Waals surface area contributed by atoms with Crippen molar-refractivity contribution in [2.75, 3.05) is 7.11 Å². The molecule has 8 nitrogen and oxygen atoms in total. The van der Waals surface area contributed by atoms with E-state index in [4.69, 9.17) is 9.26 Å². The minimum Gasteiger partial charge on any atom is -0.539 e. The maximum absolute atomic E-state index is 12.0. The molecule has 27 heavy (non-hydrogen) atoms. The Kier molecular flexibility index (Phi) is 4.58. The van der Waals surface area contributed by atoms with E-state index in [0.29, 0.717) is 16.6 Å². The van der Waals surface area contributed by atoms with Crippen molar-refractivity contribution in [2.24, 2.45) is 4.99 Å². The van der Waals surface area contributed by atoms with Gasteiger partial charge in [0.25, 0.3) is 5.69 Å². The molecule has 0 N–H and O–H groups in total. The number of hydrogen-bond donors (Lipinski definition) is 0. The predicted molar refractivity (Wildman–Crippen MR) is 96.6 cm³/mol. The number of ether oxygens (including phenoxy) is 1. The van der Waals surface area contributed by atoms with Gasteiger partial charge in [-0.2, -0.15) is 0 Å². The number of aliphatic imine (C=N–C) groups is 1. The van der Waals surface area contributed by atoms with Crippen LogP contribution in [0.25, 0.3) is 16.3 Å². The van der Waals surface area contributed by atoms with Crippen molar-refractivity contribution in [2.45, 2.75) is 0 Å². The summed E-state index contributed by atoms with van der Waals surface area (Å²) in [5, 5.41) is 25.1. The minimum atomic E-state index is -0.595. The van der Waals surface area contributed by atoms with Crippen molar-refractivity contribution in [3.8, 4) is 28.0 Å². The van der Waals surface area contributed by atoms with Gasteiger partial charge in [-0.1, -0.05) is 41.7 Å². The Morgan fingerprint density at radius 3 is 2.63 bits per heavy atom. The predicted octanol–water partition coefficient (Wildman–Crippen LogP) is 2.30. The molecule has 2 aromatic carbocycles. The molecule has 0 bridgehead atoms. The van der Waals surface area contributed by atoms with Crippen LogP contribution in [0.3, 0.4) is 0 Å². The van der Waals surface area contributed by atoms with E-state index in [2.05, 4.69) is 20.5 Å². The highest BCUT2D eigenvalue weighted by Gasteiger charge is 2.19. The Morgan fingerprint density at radius 2 is 1.89 bits per heavy atom. The normalized spacial score (nSPS) is 11.1. The third-order valence-electron chi connectivity index (χ3n) is 3.69. The maximum Gasteiger partial charge on any atom is 0.281 e. The largest absolute Gasteiger partial charge is 0.539 e. The molecule has 0 atom stereocenters. The molecule has 4 aromatic rings. The lowest BCUT2D eigenvalue weighted by molar-refractivity contribution is -0.671. The van der Waals surface area contributed by atoms with Gasteiger partial charge in [0.15, 0.2) is 5.95 Å². The third-order valence-corrected chi connectivity index (χ3v) is 4.57. The van der Waals surface area contributed by atoms with E-state index in [9.17, 15) is 5.11 Å². The molecule has 2 aromatic heterocycles. The van der Waals surface area contributed by atoms with Crippen LogP contribution in [0.2, 0.25) is 0 Å². The van der Waals surface area contributed by atoms with E-state index >= 15 is 0 Å². The summed E-state index contributed by atoms with van der Waals surface area (Å²) in [6.07, 6.45) is 1.37. The highest BCUT2D eigenvalue weighted by Crippen LogP contribution is 2.27. The van der Waals surface area contributed by atoms with Crippen molar-refractivity contribution in [3.05, 3.63) is 60.3 Å². The van der Waals surface area contributed by atoms with Gasteiger partial charge >= 0.3 is 0 Å². The van der Waals surface area contributed by atoms with E-state index in [1.54, 1.807) is 31.4 Å². The summed E-state index contributed by atoms with van der Waals surface area (Å²) < 4.78 is 11.3. The van der Waals surface area contributed by atoms with E-state index in [1.165, 1.54) is 22.2 Å². The molecule has 0 radical (unpaired) electrons. The van der Waals surface area contributed by atoms with Crippen molar-refractivity contribution in [3.63, 3.8) is 0 Å². The Morgan fingerprint density at radius 1 is 1.11 bits per heavy atom. The summed E-state index contributed by atoms with van der Waals surface area (Å²) >= 11 is 1.32. The first-order chi connectivity index (χ1) is 13.2. The molecule has 134 valence electrons. The quantitative estimate of drug-likeness (QED) is 0.390. The molecule has 9 heteroatoms. The van der Waals surface area contributed by atoms with Gasteiger partial charge in [-0.05, 0) is 16.8 Å². The number of aromatic nitrogens is 4. The van der Waals surface area contributed by atoms with Gasteiger partial charge in [0, 0.05) is 17.7 Å². The lowest BCUT2D eigenvalue weighted by Crippen LogP contribution is -2.36. The van der Waals surface area contributed by atoms with Gasteiger partial charge in [-0.15, -0.1) is 10.2 Å². The first-order valence-electron chi connectivity index (χ1n) is 7.91. The van der Waals surface area contributed by atoms with Crippen LogP contribution < -0.4 is 14.5 Å². The van der Waals surface area contributed by atoms with Crippen LogP contribution in [-0.4, -0.2) is 28.8 Å². The standard InChI is InChI=1S/C18H13N5O3S/c1-25-14-9-7-13(8-10-14)23-15(17(24)26-22-23)11-19-18-21-20-16(27-18)12-5-3-2-4-6-12/h2-11H,1H3. The smallest absolute Gasteiger partial charge is 0.281 e. The first-order valence-corrected chi connectivity index (χ1v) is 8.72. The first kappa shape index (κ1) is 16.9. The molecule has 4 rings (SSSR count).